The summed E-state index contributed by atoms with van der Waals surface area (Å²) in [5.74, 6) is 1.82. The smallest absolute Gasteiger partial charge is 0.222 e. The van der Waals surface area contributed by atoms with E-state index in [1.54, 1.807) is 7.05 Å². The Balaban J connectivity index is 2.04. The van der Waals surface area contributed by atoms with Crippen molar-refractivity contribution in [1.29, 1.82) is 0 Å². The molecule has 23 heavy (non-hydrogen) atoms. The fourth-order valence-corrected chi connectivity index (χ4v) is 2.59. The number of likely N-dealkylation sites (tertiary alicyclic amines) is 1. The number of piperidine rings is 1. The molecule has 0 aromatic carbocycles. The highest BCUT2D eigenvalue weighted by Crippen LogP contribution is 2.15. The molecule has 0 bridgehead atoms. The van der Waals surface area contributed by atoms with Crippen LogP contribution in [0.2, 0.25) is 0 Å². The summed E-state index contributed by atoms with van der Waals surface area (Å²) < 4.78 is 0. The van der Waals surface area contributed by atoms with E-state index in [1.165, 1.54) is 25.9 Å². The Kier molecular flexibility index (Phi) is 9.67. The van der Waals surface area contributed by atoms with Gasteiger partial charge in [-0.15, -0.1) is 0 Å². The number of hydrogen-bond acceptors (Lipinski definition) is 3. The Labute approximate surface area is 141 Å². The van der Waals surface area contributed by atoms with E-state index in [0.717, 1.165) is 31.4 Å². The predicted octanol–water partition coefficient (Wildman–Crippen LogP) is 1.05. The Morgan fingerprint density at radius 1 is 1.13 bits per heavy atom. The largest absolute Gasteiger partial charge is 0.356 e. The van der Waals surface area contributed by atoms with Gasteiger partial charge in [0.2, 0.25) is 5.91 Å². The molecule has 0 radical (unpaired) electrons. The van der Waals surface area contributed by atoms with Gasteiger partial charge in [-0.3, -0.25) is 9.79 Å². The average Bonchev–Trinajstić information content (AvgIpc) is 2.54. The second-order valence-electron chi connectivity index (χ2n) is 6.75. The van der Waals surface area contributed by atoms with Crippen molar-refractivity contribution < 1.29 is 4.79 Å². The number of nitrogens with zero attached hydrogens (tertiary/aromatic N) is 2. The fourth-order valence-electron chi connectivity index (χ4n) is 2.59. The van der Waals surface area contributed by atoms with Crippen LogP contribution in [-0.2, 0) is 4.79 Å². The van der Waals surface area contributed by atoms with Gasteiger partial charge >= 0.3 is 0 Å². The average molecular weight is 326 g/mol. The molecule has 0 aromatic heterocycles. The summed E-state index contributed by atoms with van der Waals surface area (Å²) in [6.45, 7) is 12.0. The lowest BCUT2D eigenvalue weighted by molar-refractivity contribution is -0.123. The second kappa shape index (κ2) is 11.3. The number of guanidine groups is 1. The molecule has 0 aliphatic carbocycles. The molecule has 0 atom stereocenters. The Morgan fingerprint density at radius 3 is 2.35 bits per heavy atom. The van der Waals surface area contributed by atoms with Gasteiger partial charge < -0.3 is 20.9 Å². The molecule has 0 spiro atoms. The molecule has 134 valence electrons. The van der Waals surface area contributed by atoms with Crippen molar-refractivity contribution in [2.24, 2.45) is 16.8 Å². The lowest BCUT2D eigenvalue weighted by atomic mass is 9.99. The van der Waals surface area contributed by atoms with Crippen molar-refractivity contribution in [3.8, 4) is 0 Å². The molecule has 3 N–H and O–H groups in total. The van der Waals surface area contributed by atoms with Gasteiger partial charge in [0.1, 0.15) is 0 Å². The maximum absolute atomic E-state index is 11.4. The maximum Gasteiger partial charge on any atom is 0.222 e. The number of carbonyl (C=O) groups is 1. The van der Waals surface area contributed by atoms with E-state index in [9.17, 15) is 4.79 Å². The zero-order valence-electron chi connectivity index (χ0n) is 15.3. The molecule has 1 fully saturated rings. The van der Waals surface area contributed by atoms with Crippen LogP contribution in [0.4, 0.5) is 0 Å². The van der Waals surface area contributed by atoms with E-state index < -0.39 is 0 Å². The summed E-state index contributed by atoms with van der Waals surface area (Å²) >= 11 is 0. The molecule has 1 aliphatic heterocycles. The third-order valence-electron chi connectivity index (χ3n) is 4.28. The lowest BCUT2D eigenvalue weighted by Crippen LogP contribution is -2.43. The molecule has 0 unspecified atom stereocenters. The number of rotatable bonds is 8. The van der Waals surface area contributed by atoms with Crippen molar-refractivity contribution in [2.45, 2.75) is 40.0 Å². The van der Waals surface area contributed by atoms with Crippen LogP contribution in [0, 0.1) is 11.8 Å². The molecule has 6 nitrogen and oxygen atoms in total. The molecule has 6 heteroatoms. The van der Waals surface area contributed by atoms with Gasteiger partial charge in [-0.1, -0.05) is 20.8 Å². The maximum atomic E-state index is 11.4. The molecule has 1 amide bonds. The monoisotopic (exact) mass is 325 g/mol. The van der Waals surface area contributed by atoms with Crippen LogP contribution in [0.1, 0.15) is 40.0 Å². The first-order valence-electron chi connectivity index (χ1n) is 8.97. The zero-order valence-corrected chi connectivity index (χ0v) is 15.3. The third kappa shape index (κ3) is 8.79. The minimum atomic E-state index is 0.0326. The van der Waals surface area contributed by atoms with E-state index in [-0.39, 0.29) is 11.8 Å². The van der Waals surface area contributed by atoms with Crippen molar-refractivity contribution in [1.82, 2.24) is 20.9 Å². The summed E-state index contributed by atoms with van der Waals surface area (Å²) in [5, 5.41) is 9.43. The predicted molar refractivity (Wildman–Crippen MR) is 96.7 cm³/mol. The highest BCUT2D eigenvalue weighted by atomic mass is 16.1. The van der Waals surface area contributed by atoms with Crippen molar-refractivity contribution >= 4 is 11.9 Å². The van der Waals surface area contributed by atoms with Gasteiger partial charge in [0.25, 0.3) is 0 Å². The normalized spacial score (nSPS) is 17.3. The van der Waals surface area contributed by atoms with Gasteiger partial charge in [-0.25, -0.2) is 0 Å². The topological polar surface area (TPSA) is 68.8 Å². The van der Waals surface area contributed by atoms with E-state index >= 15 is 0 Å². The first-order chi connectivity index (χ1) is 11.0. The summed E-state index contributed by atoms with van der Waals surface area (Å²) in [7, 11) is 1.77. The van der Waals surface area contributed by atoms with Gasteiger partial charge in [-0.2, -0.15) is 0 Å². The van der Waals surface area contributed by atoms with Gasteiger partial charge in [0.05, 0.1) is 0 Å². The van der Waals surface area contributed by atoms with E-state index in [4.69, 9.17) is 0 Å². The molecular weight excluding hydrogens is 290 g/mol. The quantitative estimate of drug-likeness (QED) is 0.354. The summed E-state index contributed by atoms with van der Waals surface area (Å²) in [4.78, 5) is 18.2. The fraction of sp³-hybridized carbons (Fsp3) is 0.882. The van der Waals surface area contributed by atoms with E-state index in [2.05, 4.69) is 32.8 Å². The number of amides is 1. The van der Waals surface area contributed by atoms with Crippen LogP contribution in [0.5, 0.6) is 0 Å². The third-order valence-corrected chi connectivity index (χ3v) is 4.28. The van der Waals surface area contributed by atoms with Crippen LogP contribution >= 0.6 is 0 Å². The van der Waals surface area contributed by atoms with Gasteiger partial charge in [0.15, 0.2) is 5.96 Å². The molecule has 0 aromatic rings. The van der Waals surface area contributed by atoms with Crippen LogP contribution in [0.3, 0.4) is 0 Å². The van der Waals surface area contributed by atoms with E-state index in [1.807, 2.05) is 13.8 Å². The van der Waals surface area contributed by atoms with E-state index in [0.29, 0.717) is 13.1 Å². The van der Waals surface area contributed by atoms with Crippen LogP contribution in [-0.4, -0.2) is 63.1 Å². The summed E-state index contributed by atoms with van der Waals surface area (Å²) in [5.41, 5.74) is 0. The zero-order chi connectivity index (χ0) is 17.1. The van der Waals surface area contributed by atoms with Gasteiger partial charge in [0, 0.05) is 32.6 Å². The Hall–Kier alpha value is -1.30. The lowest BCUT2D eigenvalue weighted by Gasteiger charge is -2.30. The highest BCUT2D eigenvalue weighted by Gasteiger charge is 2.14. The van der Waals surface area contributed by atoms with Crippen LogP contribution in [0.15, 0.2) is 4.99 Å². The molecule has 1 saturated heterocycles. The van der Waals surface area contributed by atoms with Crippen molar-refractivity contribution in [3.63, 3.8) is 0 Å². The van der Waals surface area contributed by atoms with Crippen LogP contribution in [0.25, 0.3) is 0 Å². The molecular formula is C17H35N5O. The molecule has 1 heterocycles. The van der Waals surface area contributed by atoms with Crippen LogP contribution < -0.4 is 16.0 Å². The number of carbonyl (C=O) groups excluding carboxylic acids is 1. The van der Waals surface area contributed by atoms with Crippen molar-refractivity contribution in [2.75, 3.05) is 46.3 Å². The number of nitrogens with one attached hydrogen (secondary N) is 3. The number of hydrogen-bond donors (Lipinski definition) is 3. The standard InChI is InChI=1S/C17H35N5O/c1-14(2)16(23)19-9-10-21-17(18-4)20-8-5-11-22-12-6-15(3)7-13-22/h14-15H,5-13H2,1-4H3,(H,19,23)(H2,18,20,21). The first-order valence-corrected chi connectivity index (χ1v) is 8.97. The SMILES string of the molecule is CN=C(NCCCN1CCC(C)CC1)NCCNC(=O)C(C)C. The second-order valence-corrected chi connectivity index (χ2v) is 6.75. The summed E-state index contributed by atoms with van der Waals surface area (Å²) in [6.07, 6.45) is 3.79. The summed E-state index contributed by atoms with van der Waals surface area (Å²) in [6, 6.07) is 0. The Morgan fingerprint density at radius 2 is 1.74 bits per heavy atom. The van der Waals surface area contributed by atoms with Crippen molar-refractivity contribution in [3.05, 3.63) is 0 Å². The van der Waals surface area contributed by atoms with Gasteiger partial charge in [-0.05, 0) is 44.8 Å². The minimum Gasteiger partial charge on any atom is -0.356 e. The Bertz CT molecular complexity index is 362. The molecule has 1 rings (SSSR count). The highest BCUT2D eigenvalue weighted by molar-refractivity contribution is 5.80. The molecule has 0 saturated carbocycles. The number of aliphatic imine (C=N–C) groups is 1. The first kappa shape index (κ1) is 19.7. The minimum absolute atomic E-state index is 0.0326. The molecule has 1 aliphatic rings.